The van der Waals surface area contributed by atoms with E-state index in [-0.39, 0.29) is 23.4 Å². The molecule has 124 valence electrons. The van der Waals surface area contributed by atoms with Gasteiger partial charge >= 0.3 is 5.97 Å². The number of hydrogen-bond acceptors (Lipinski definition) is 5. The molecule has 0 aliphatic rings. The summed E-state index contributed by atoms with van der Waals surface area (Å²) in [7, 11) is 0. The summed E-state index contributed by atoms with van der Waals surface area (Å²) in [4.78, 5) is 33.8. The highest BCUT2D eigenvalue weighted by atomic mass is 16.6. The minimum Gasteiger partial charge on any atom is -0.457 e. The van der Waals surface area contributed by atoms with E-state index in [1.807, 2.05) is 13.0 Å². The molecule has 0 saturated carbocycles. The molecule has 0 heterocycles. The largest absolute Gasteiger partial charge is 0.457 e. The Kier molecular flexibility index (Phi) is 4.93. The van der Waals surface area contributed by atoms with Gasteiger partial charge in [0.15, 0.2) is 0 Å². The van der Waals surface area contributed by atoms with Gasteiger partial charge in [-0.2, -0.15) is 0 Å². The van der Waals surface area contributed by atoms with Gasteiger partial charge in [-0.3, -0.25) is 14.9 Å². The van der Waals surface area contributed by atoms with Gasteiger partial charge in [0.2, 0.25) is 5.91 Å². The molecule has 0 fully saturated rings. The highest BCUT2D eigenvalue weighted by Gasteiger charge is 2.19. The van der Waals surface area contributed by atoms with Gasteiger partial charge in [-0.1, -0.05) is 17.7 Å². The first-order chi connectivity index (χ1) is 11.3. The number of primary amides is 1. The van der Waals surface area contributed by atoms with Crippen LogP contribution in [0.2, 0.25) is 0 Å². The molecule has 24 heavy (non-hydrogen) atoms. The van der Waals surface area contributed by atoms with E-state index in [4.69, 9.17) is 10.5 Å². The van der Waals surface area contributed by atoms with E-state index in [9.17, 15) is 19.7 Å². The predicted octanol–water partition coefficient (Wildman–Crippen LogP) is 2.67. The Bertz CT molecular complexity index is 830. The molecule has 2 rings (SSSR count). The van der Waals surface area contributed by atoms with Crippen molar-refractivity contribution in [2.24, 2.45) is 5.73 Å². The topological polar surface area (TPSA) is 113 Å². The minimum atomic E-state index is -0.767. The van der Waals surface area contributed by atoms with E-state index in [2.05, 4.69) is 0 Å². The van der Waals surface area contributed by atoms with Crippen LogP contribution in [0.4, 0.5) is 5.69 Å². The van der Waals surface area contributed by atoms with Crippen molar-refractivity contribution in [3.63, 3.8) is 0 Å². The molecule has 7 heteroatoms. The van der Waals surface area contributed by atoms with Crippen LogP contribution in [0.25, 0.3) is 0 Å². The lowest BCUT2D eigenvalue weighted by Gasteiger charge is -2.09. The van der Waals surface area contributed by atoms with Gasteiger partial charge in [0.1, 0.15) is 6.61 Å². The molecule has 0 bridgehead atoms. The second kappa shape index (κ2) is 6.91. The van der Waals surface area contributed by atoms with Crippen molar-refractivity contribution in [1.82, 2.24) is 0 Å². The second-order valence-electron chi connectivity index (χ2n) is 5.36. The first-order valence-corrected chi connectivity index (χ1v) is 7.11. The Morgan fingerprint density at radius 3 is 2.50 bits per heavy atom. The van der Waals surface area contributed by atoms with Crippen LogP contribution in [0, 0.1) is 24.0 Å². The molecule has 0 aliphatic heterocycles. The predicted molar refractivity (Wildman–Crippen MR) is 86.6 cm³/mol. The fourth-order valence-corrected chi connectivity index (χ4v) is 2.19. The van der Waals surface area contributed by atoms with Crippen LogP contribution in [0.15, 0.2) is 36.4 Å². The Labute approximate surface area is 138 Å². The molecule has 0 unspecified atom stereocenters. The molecule has 0 saturated heterocycles. The molecule has 1 amide bonds. The number of rotatable bonds is 5. The summed E-state index contributed by atoms with van der Waals surface area (Å²) < 4.78 is 5.18. The molecule has 0 atom stereocenters. The van der Waals surface area contributed by atoms with Crippen molar-refractivity contribution in [3.8, 4) is 0 Å². The third kappa shape index (κ3) is 3.75. The van der Waals surface area contributed by atoms with Crippen molar-refractivity contribution in [1.29, 1.82) is 0 Å². The number of nitrogens with zero attached hydrogens (tertiary/aromatic N) is 1. The zero-order valence-electron chi connectivity index (χ0n) is 13.2. The van der Waals surface area contributed by atoms with Crippen LogP contribution in [0.1, 0.15) is 37.4 Å². The van der Waals surface area contributed by atoms with Crippen LogP contribution < -0.4 is 5.73 Å². The van der Waals surface area contributed by atoms with E-state index in [1.54, 1.807) is 19.1 Å². The molecule has 2 aromatic rings. The van der Waals surface area contributed by atoms with E-state index in [1.165, 1.54) is 12.1 Å². The van der Waals surface area contributed by atoms with Gasteiger partial charge in [-0.15, -0.1) is 0 Å². The van der Waals surface area contributed by atoms with E-state index >= 15 is 0 Å². The zero-order chi connectivity index (χ0) is 17.9. The van der Waals surface area contributed by atoms with E-state index in [0.717, 1.165) is 17.2 Å². The SMILES string of the molecule is Cc1ccc(C)c(C(=O)OCc2ccc(C(N)=O)cc2[N+](=O)[O-])c1. The lowest BCUT2D eigenvalue weighted by atomic mass is 10.1. The van der Waals surface area contributed by atoms with E-state index in [0.29, 0.717) is 5.56 Å². The number of esters is 1. The molecule has 2 N–H and O–H groups in total. The Morgan fingerprint density at radius 1 is 1.17 bits per heavy atom. The maximum Gasteiger partial charge on any atom is 0.338 e. The number of nitro groups is 1. The van der Waals surface area contributed by atoms with Crippen LogP contribution in [0.3, 0.4) is 0 Å². The summed E-state index contributed by atoms with van der Waals surface area (Å²) in [5.74, 6) is -1.33. The summed E-state index contributed by atoms with van der Waals surface area (Å²) in [5.41, 5.74) is 7.07. The number of carbonyl (C=O) groups is 2. The van der Waals surface area contributed by atoms with Crippen molar-refractivity contribution in [2.75, 3.05) is 0 Å². The fourth-order valence-electron chi connectivity index (χ4n) is 2.19. The van der Waals surface area contributed by atoms with Gasteiger partial charge in [0, 0.05) is 11.6 Å². The van der Waals surface area contributed by atoms with Crippen molar-refractivity contribution >= 4 is 17.6 Å². The average Bonchev–Trinajstić information content (AvgIpc) is 2.54. The van der Waals surface area contributed by atoms with Crippen LogP contribution in [0.5, 0.6) is 0 Å². The number of ether oxygens (including phenoxy) is 1. The van der Waals surface area contributed by atoms with Gasteiger partial charge in [-0.05, 0) is 37.6 Å². The molecule has 0 spiro atoms. The number of amides is 1. The summed E-state index contributed by atoms with van der Waals surface area (Å²) >= 11 is 0. The quantitative estimate of drug-likeness (QED) is 0.515. The van der Waals surface area contributed by atoms with E-state index < -0.39 is 16.8 Å². The Hall–Kier alpha value is -3.22. The van der Waals surface area contributed by atoms with Gasteiger partial charge in [-0.25, -0.2) is 4.79 Å². The maximum absolute atomic E-state index is 12.2. The number of benzene rings is 2. The molecule has 7 nitrogen and oxygen atoms in total. The Morgan fingerprint density at radius 2 is 1.88 bits per heavy atom. The number of carbonyl (C=O) groups excluding carboxylic acids is 2. The monoisotopic (exact) mass is 328 g/mol. The molecule has 0 radical (unpaired) electrons. The Balaban J connectivity index is 2.22. The van der Waals surface area contributed by atoms with Crippen molar-refractivity contribution in [2.45, 2.75) is 20.5 Å². The molecule has 0 aliphatic carbocycles. The van der Waals surface area contributed by atoms with Crippen molar-refractivity contribution in [3.05, 3.63) is 74.3 Å². The summed E-state index contributed by atoms with van der Waals surface area (Å²) in [6.45, 7) is 3.35. The van der Waals surface area contributed by atoms with Crippen molar-refractivity contribution < 1.29 is 19.2 Å². The normalized spacial score (nSPS) is 10.2. The lowest BCUT2D eigenvalue weighted by Crippen LogP contribution is -2.12. The van der Waals surface area contributed by atoms with Gasteiger partial charge < -0.3 is 10.5 Å². The first kappa shape index (κ1) is 17.1. The van der Waals surface area contributed by atoms with Crippen LogP contribution in [-0.4, -0.2) is 16.8 Å². The van der Waals surface area contributed by atoms with Gasteiger partial charge in [0.05, 0.1) is 16.1 Å². The molecular weight excluding hydrogens is 312 g/mol. The summed E-state index contributed by atoms with van der Waals surface area (Å²) in [6.07, 6.45) is 0. The highest BCUT2D eigenvalue weighted by Crippen LogP contribution is 2.22. The maximum atomic E-state index is 12.2. The standard InChI is InChI=1S/C17H16N2O5/c1-10-3-4-11(2)14(7-10)17(21)24-9-13-6-5-12(16(18)20)8-15(13)19(22)23/h3-8H,9H2,1-2H3,(H2,18,20). The number of hydrogen-bond donors (Lipinski definition) is 1. The summed E-state index contributed by atoms with van der Waals surface area (Å²) in [5, 5.41) is 11.1. The smallest absolute Gasteiger partial charge is 0.338 e. The molecule has 0 aromatic heterocycles. The second-order valence-corrected chi connectivity index (χ2v) is 5.36. The lowest BCUT2D eigenvalue weighted by molar-refractivity contribution is -0.385. The van der Waals surface area contributed by atoms with Crippen LogP contribution >= 0.6 is 0 Å². The third-order valence-corrected chi connectivity index (χ3v) is 3.54. The summed E-state index contributed by atoms with van der Waals surface area (Å²) in [6, 6.07) is 9.16. The van der Waals surface area contributed by atoms with Crippen LogP contribution in [-0.2, 0) is 11.3 Å². The first-order valence-electron chi connectivity index (χ1n) is 7.11. The number of nitrogens with two attached hydrogens (primary N) is 1. The highest BCUT2D eigenvalue weighted by molar-refractivity contribution is 5.93. The zero-order valence-corrected chi connectivity index (χ0v) is 13.2. The van der Waals surface area contributed by atoms with Gasteiger partial charge in [0.25, 0.3) is 5.69 Å². The fraction of sp³-hybridized carbons (Fsp3) is 0.176. The molecular formula is C17H16N2O5. The third-order valence-electron chi connectivity index (χ3n) is 3.54. The number of aryl methyl sites for hydroxylation is 2. The minimum absolute atomic E-state index is 0.0197. The molecule has 2 aromatic carbocycles. The average molecular weight is 328 g/mol. The number of nitro benzene ring substituents is 1.